The van der Waals surface area contributed by atoms with Gasteiger partial charge < -0.3 is 4.90 Å². The number of nitrogens with zero attached hydrogens (tertiary/aromatic N) is 3. The highest BCUT2D eigenvalue weighted by Gasteiger charge is 2.11. The van der Waals surface area contributed by atoms with E-state index in [0.717, 1.165) is 18.8 Å². The van der Waals surface area contributed by atoms with Crippen LogP contribution < -0.4 is 4.90 Å². The van der Waals surface area contributed by atoms with Crippen molar-refractivity contribution in [2.24, 2.45) is 11.8 Å². The van der Waals surface area contributed by atoms with Gasteiger partial charge in [-0.15, -0.1) is 0 Å². The summed E-state index contributed by atoms with van der Waals surface area (Å²) in [7, 11) is 0. The predicted octanol–water partition coefficient (Wildman–Crippen LogP) is 3.07. The molecule has 0 saturated carbocycles. The lowest BCUT2D eigenvalue weighted by Crippen LogP contribution is -2.31. The molecule has 0 bridgehead atoms. The van der Waals surface area contributed by atoms with Crippen molar-refractivity contribution in [2.45, 2.75) is 27.7 Å². The molecule has 0 fully saturated rings. The lowest BCUT2D eigenvalue weighted by molar-refractivity contribution is 0.552. The molecule has 0 aliphatic rings. The summed E-state index contributed by atoms with van der Waals surface area (Å²) in [5.41, 5.74) is 1.58. The Balaban J connectivity index is 2.91. The third-order valence-electron chi connectivity index (χ3n) is 2.39. The van der Waals surface area contributed by atoms with Crippen molar-refractivity contribution < 1.29 is 0 Å². The van der Waals surface area contributed by atoms with Crippen LogP contribution in [0, 0.1) is 23.2 Å². The summed E-state index contributed by atoms with van der Waals surface area (Å²) >= 11 is 0. The van der Waals surface area contributed by atoms with Gasteiger partial charge in [0.05, 0.1) is 0 Å². The number of pyridine rings is 1. The van der Waals surface area contributed by atoms with E-state index in [9.17, 15) is 0 Å². The van der Waals surface area contributed by atoms with Crippen LogP contribution in [0.2, 0.25) is 0 Å². The molecule has 92 valence electrons. The Kier molecular flexibility index (Phi) is 4.96. The maximum absolute atomic E-state index is 8.88. The van der Waals surface area contributed by atoms with Gasteiger partial charge in [-0.25, -0.2) is 4.98 Å². The highest BCUT2D eigenvalue weighted by molar-refractivity contribution is 5.48. The fourth-order valence-corrected chi connectivity index (χ4v) is 1.84. The Morgan fingerprint density at radius 1 is 1.24 bits per heavy atom. The minimum Gasteiger partial charge on any atom is -0.371 e. The average Bonchev–Trinajstić information content (AvgIpc) is 2.27. The molecule has 0 aliphatic heterocycles. The van der Waals surface area contributed by atoms with Crippen LogP contribution in [0.5, 0.6) is 0 Å². The minimum absolute atomic E-state index is 0.486. The smallest absolute Gasteiger partial charge is 0.142 e. The molecule has 0 N–H and O–H groups in total. The van der Waals surface area contributed by atoms with Crippen LogP contribution in [0.1, 0.15) is 33.4 Å². The molecule has 1 rings (SSSR count). The maximum Gasteiger partial charge on any atom is 0.142 e. The third kappa shape index (κ3) is 4.44. The SMILES string of the molecule is CC(C)CN(CC(C)C)c1ccnc(C#N)c1. The monoisotopic (exact) mass is 231 g/mol. The third-order valence-corrected chi connectivity index (χ3v) is 2.39. The summed E-state index contributed by atoms with van der Waals surface area (Å²) in [6, 6.07) is 5.93. The number of nitriles is 1. The second-order valence-corrected chi connectivity index (χ2v) is 5.20. The van der Waals surface area contributed by atoms with Crippen molar-refractivity contribution in [2.75, 3.05) is 18.0 Å². The molecule has 1 aromatic heterocycles. The molecule has 0 radical (unpaired) electrons. The molecule has 0 saturated heterocycles. The van der Waals surface area contributed by atoms with Gasteiger partial charge in [0.1, 0.15) is 11.8 Å². The molecule has 0 amide bonds. The van der Waals surface area contributed by atoms with Crippen molar-refractivity contribution in [1.82, 2.24) is 4.98 Å². The standard InChI is InChI=1S/C14H21N3/c1-11(2)9-17(10-12(3)4)14-5-6-16-13(7-14)8-15/h5-7,11-12H,9-10H2,1-4H3. The van der Waals surface area contributed by atoms with Crippen molar-refractivity contribution in [3.05, 3.63) is 24.0 Å². The number of anilines is 1. The summed E-state index contributed by atoms with van der Waals surface area (Å²) in [5, 5.41) is 8.88. The van der Waals surface area contributed by atoms with Gasteiger partial charge >= 0.3 is 0 Å². The van der Waals surface area contributed by atoms with Gasteiger partial charge in [0.15, 0.2) is 0 Å². The van der Waals surface area contributed by atoms with Gasteiger partial charge in [0, 0.05) is 25.0 Å². The van der Waals surface area contributed by atoms with E-state index >= 15 is 0 Å². The Bertz CT molecular complexity index is 381. The largest absolute Gasteiger partial charge is 0.371 e. The van der Waals surface area contributed by atoms with Gasteiger partial charge in [-0.1, -0.05) is 27.7 Å². The molecule has 3 heteroatoms. The van der Waals surface area contributed by atoms with E-state index < -0.39 is 0 Å². The molecule has 0 spiro atoms. The first-order valence-corrected chi connectivity index (χ1v) is 6.14. The zero-order valence-corrected chi connectivity index (χ0v) is 11.1. The topological polar surface area (TPSA) is 39.9 Å². The summed E-state index contributed by atoms with van der Waals surface area (Å²) in [5.74, 6) is 1.21. The van der Waals surface area contributed by atoms with Crippen molar-refractivity contribution >= 4 is 5.69 Å². The van der Waals surface area contributed by atoms with Crippen LogP contribution in [-0.4, -0.2) is 18.1 Å². The second-order valence-electron chi connectivity index (χ2n) is 5.20. The van der Waals surface area contributed by atoms with Gasteiger partial charge in [-0.3, -0.25) is 0 Å². The van der Waals surface area contributed by atoms with Crippen molar-refractivity contribution in [1.29, 1.82) is 5.26 Å². The van der Waals surface area contributed by atoms with Crippen LogP contribution in [0.4, 0.5) is 5.69 Å². The van der Waals surface area contributed by atoms with E-state index in [1.165, 1.54) is 0 Å². The van der Waals surface area contributed by atoms with E-state index in [2.05, 4.69) is 43.6 Å². The van der Waals surface area contributed by atoms with Gasteiger partial charge in [0.2, 0.25) is 0 Å². The highest BCUT2D eigenvalue weighted by Crippen LogP contribution is 2.17. The average molecular weight is 231 g/mol. The molecule has 0 aliphatic carbocycles. The highest BCUT2D eigenvalue weighted by atomic mass is 15.1. The molecule has 0 aromatic carbocycles. The number of aromatic nitrogens is 1. The number of hydrogen-bond acceptors (Lipinski definition) is 3. The molecule has 0 atom stereocenters. The van der Waals surface area contributed by atoms with Gasteiger partial charge in [-0.2, -0.15) is 5.26 Å². The van der Waals surface area contributed by atoms with Gasteiger partial charge in [0.25, 0.3) is 0 Å². The zero-order valence-electron chi connectivity index (χ0n) is 11.1. The summed E-state index contributed by atoms with van der Waals surface area (Å²) in [4.78, 5) is 6.34. The van der Waals surface area contributed by atoms with Crippen LogP contribution in [0.3, 0.4) is 0 Å². The fourth-order valence-electron chi connectivity index (χ4n) is 1.84. The summed E-state index contributed by atoms with van der Waals surface area (Å²) in [6.45, 7) is 10.8. The molecular weight excluding hydrogens is 210 g/mol. The lowest BCUT2D eigenvalue weighted by atomic mass is 10.1. The first-order chi connectivity index (χ1) is 8.02. The van der Waals surface area contributed by atoms with Crippen LogP contribution in [0.15, 0.2) is 18.3 Å². The first-order valence-electron chi connectivity index (χ1n) is 6.14. The Labute approximate surface area is 104 Å². The van der Waals surface area contributed by atoms with Crippen LogP contribution in [-0.2, 0) is 0 Å². The first kappa shape index (κ1) is 13.5. The van der Waals surface area contributed by atoms with E-state index in [0.29, 0.717) is 17.5 Å². The van der Waals surface area contributed by atoms with E-state index in [1.54, 1.807) is 6.20 Å². The molecule has 17 heavy (non-hydrogen) atoms. The van der Waals surface area contributed by atoms with Crippen molar-refractivity contribution in [3.8, 4) is 6.07 Å². The number of hydrogen-bond donors (Lipinski definition) is 0. The zero-order chi connectivity index (χ0) is 12.8. The molecule has 1 aromatic rings. The Morgan fingerprint density at radius 2 is 1.82 bits per heavy atom. The molecule has 1 heterocycles. The Hall–Kier alpha value is -1.56. The Morgan fingerprint density at radius 3 is 2.29 bits per heavy atom. The fraction of sp³-hybridized carbons (Fsp3) is 0.571. The van der Waals surface area contributed by atoms with E-state index in [1.807, 2.05) is 12.1 Å². The molecule has 0 unspecified atom stereocenters. The normalized spacial score (nSPS) is 10.6. The predicted molar refractivity (Wildman–Crippen MR) is 70.8 cm³/mol. The molecular formula is C14H21N3. The van der Waals surface area contributed by atoms with Crippen LogP contribution in [0.25, 0.3) is 0 Å². The second kappa shape index (κ2) is 6.24. The van der Waals surface area contributed by atoms with E-state index in [4.69, 9.17) is 5.26 Å². The minimum atomic E-state index is 0.486. The summed E-state index contributed by atoms with van der Waals surface area (Å²) in [6.07, 6.45) is 1.71. The lowest BCUT2D eigenvalue weighted by Gasteiger charge is -2.28. The van der Waals surface area contributed by atoms with Gasteiger partial charge in [-0.05, 0) is 24.0 Å². The van der Waals surface area contributed by atoms with E-state index in [-0.39, 0.29) is 0 Å². The quantitative estimate of drug-likeness (QED) is 0.782. The number of rotatable bonds is 5. The van der Waals surface area contributed by atoms with Crippen LogP contribution >= 0.6 is 0 Å². The molecule has 3 nitrogen and oxygen atoms in total. The maximum atomic E-state index is 8.88. The van der Waals surface area contributed by atoms with Crippen molar-refractivity contribution in [3.63, 3.8) is 0 Å². The summed E-state index contributed by atoms with van der Waals surface area (Å²) < 4.78 is 0.